The number of morpholine rings is 1. The fourth-order valence-electron chi connectivity index (χ4n) is 8.94. The Kier molecular flexibility index (Phi) is 11.6. The maximum atomic E-state index is 13.8. The number of nitrogens with zero attached hydrogens (tertiary/aromatic N) is 8. The maximum Gasteiger partial charge on any atom is 0.258 e. The van der Waals surface area contributed by atoms with Crippen LogP contribution < -0.4 is 15.4 Å². The molecule has 5 aromatic rings. The normalized spacial score (nSPS) is 18.4. The van der Waals surface area contributed by atoms with Gasteiger partial charge in [0.15, 0.2) is 11.6 Å². The van der Waals surface area contributed by atoms with E-state index >= 15 is 0 Å². The van der Waals surface area contributed by atoms with Crippen molar-refractivity contribution in [2.75, 3.05) is 69.7 Å². The van der Waals surface area contributed by atoms with Gasteiger partial charge in [-0.15, -0.1) is 11.3 Å². The van der Waals surface area contributed by atoms with Gasteiger partial charge in [-0.3, -0.25) is 14.5 Å². The number of ether oxygens (including phenoxy) is 2. The van der Waals surface area contributed by atoms with Crippen LogP contribution in [0.25, 0.3) is 21.6 Å². The van der Waals surface area contributed by atoms with Crippen molar-refractivity contribution in [2.24, 2.45) is 5.92 Å². The average Bonchev–Trinajstić information content (AvgIpc) is 3.90. The summed E-state index contributed by atoms with van der Waals surface area (Å²) in [7, 11) is 0. The first-order chi connectivity index (χ1) is 29.9. The fourth-order valence-corrected chi connectivity index (χ4v) is 10.1. The smallest absolute Gasteiger partial charge is 0.258 e. The predicted octanol–water partition coefficient (Wildman–Crippen LogP) is 4.90. The highest BCUT2D eigenvalue weighted by atomic mass is 32.1. The average molecular weight is 864 g/mol. The van der Waals surface area contributed by atoms with Crippen molar-refractivity contribution in [1.29, 1.82) is 0 Å². The summed E-state index contributed by atoms with van der Waals surface area (Å²) in [6.07, 6.45) is 5.59. The van der Waals surface area contributed by atoms with Gasteiger partial charge >= 0.3 is 0 Å². The molecule has 0 radical (unpaired) electrons. The number of nitrogens with two attached hydrogens (primary N) is 1. The molecule has 2 aromatic carbocycles. The largest absolute Gasteiger partial charge is 0.508 e. The van der Waals surface area contributed by atoms with Crippen molar-refractivity contribution < 1.29 is 34.4 Å². The molecule has 5 N–H and O–H groups in total. The number of phenolic OH excluding ortho intramolecular Hbond substituents is 2. The Morgan fingerprint density at radius 2 is 1.65 bits per heavy atom. The number of aliphatic hydroxyl groups is 1. The van der Waals surface area contributed by atoms with E-state index in [9.17, 15) is 24.9 Å². The van der Waals surface area contributed by atoms with Crippen LogP contribution in [0.2, 0.25) is 0 Å². The number of aromatic hydroxyl groups is 2. The molecule has 0 bridgehead atoms. The van der Waals surface area contributed by atoms with Gasteiger partial charge in [-0.25, -0.2) is 19.9 Å². The van der Waals surface area contributed by atoms with Gasteiger partial charge < -0.3 is 45.2 Å². The summed E-state index contributed by atoms with van der Waals surface area (Å²) >= 11 is 1.68. The molecule has 16 nitrogen and oxygen atoms in total. The van der Waals surface area contributed by atoms with Gasteiger partial charge in [-0.05, 0) is 78.5 Å². The van der Waals surface area contributed by atoms with E-state index < -0.39 is 5.60 Å². The number of hydrogen-bond donors (Lipinski definition) is 4. The van der Waals surface area contributed by atoms with Crippen LogP contribution in [0.1, 0.15) is 77.4 Å². The molecule has 17 heteroatoms. The molecule has 7 heterocycles. The molecule has 2 amide bonds. The molecule has 62 heavy (non-hydrogen) atoms. The van der Waals surface area contributed by atoms with Crippen molar-refractivity contribution in [2.45, 2.75) is 70.7 Å². The van der Waals surface area contributed by atoms with Gasteiger partial charge in [-0.2, -0.15) is 0 Å². The minimum atomic E-state index is -1.39. The van der Waals surface area contributed by atoms with Crippen molar-refractivity contribution in [1.82, 2.24) is 34.6 Å². The Labute approximate surface area is 363 Å². The van der Waals surface area contributed by atoms with Crippen LogP contribution in [0.15, 0.2) is 48.8 Å². The first-order valence-electron chi connectivity index (χ1n) is 21.5. The number of carbonyl (C=O) groups is 2. The second-order valence-corrected chi connectivity index (χ2v) is 18.4. The summed E-state index contributed by atoms with van der Waals surface area (Å²) in [4.78, 5) is 54.6. The second-order valence-electron chi connectivity index (χ2n) is 17.3. The number of amides is 2. The second kappa shape index (κ2) is 17.3. The van der Waals surface area contributed by atoms with E-state index in [1.54, 1.807) is 34.7 Å². The quantitative estimate of drug-likeness (QED) is 0.148. The van der Waals surface area contributed by atoms with Crippen molar-refractivity contribution in [3.05, 3.63) is 75.9 Å². The molecule has 0 unspecified atom stereocenters. The number of aromatic nitrogens is 4. The molecule has 4 aliphatic heterocycles. The fraction of sp³-hybridized carbons (Fsp3) is 0.467. The highest BCUT2D eigenvalue weighted by molar-refractivity contribution is 7.19. The molecule has 0 spiro atoms. The number of benzene rings is 2. The number of carbonyl (C=O) groups excluding carboxylic acids is 2. The number of likely N-dealkylation sites (tertiary alicyclic amines) is 2. The molecule has 3 fully saturated rings. The molecule has 0 atom stereocenters. The third-order valence-corrected chi connectivity index (χ3v) is 13.8. The number of piperidine rings is 2. The molecule has 4 aliphatic rings. The van der Waals surface area contributed by atoms with Gasteiger partial charge in [-0.1, -0.05) is 19.9 Å². The molecule has 326 valence electrons. The minimum absolute atomic E-state index is 0.00652. The van der Waals surface area contributed by atoms with Crippen LogP contribution in [0.3, 0.4) is 0 Å². The number of anilines is 2. The first kappa shape index (κ1) is 41.7. The minimum Gasteiger partial charge on any atom is -0.508 e. The number of hydrogen-bond acceptors (Lipinski definition) is 15. The van der Waals surface area contributed by atoms with Crippen LogP contribution >= 0.6 is 11.3 Å². The van der Waals surface area contributed by atoms with E-state index in [1.807, 2.05) is 36.9 Å². The lowest BCUT2D eigenvalue weighted by Crippen LogP contribution is -2.56. The number of fused-ring (bicyclic) bond motifs is 2. The number of nitrogen functional groups attached to an aromatic ring is 1. The summed E-state index contributed by atoms with van der Waals surface area (Å²) in [6.45, 7) is 10.9. The molecule has 3 aromatic heterocycles. The zero-order chi connectivity index (χ0) is 43.1. The lowest BCUT2D eigenvalue weighted by Gasteiger charge is -2.41. The summed E-state index contributed by atoms with van der Waals surface area (Å²) in [5.41, 5.74) is 8.71. The summed E-state index contributed by atoms with van der Waals surface area (Å²) in [5.74, 6) is 1.87. The third kappa shape index (κ3) is 8.58. The van der Waals surface area contributed by atoms with E-state index in [4.69, 9.17) is 25.2 Å². The van der Waals surface area contributed by atoms with Crippen LogP contribution in [0.5, 0.6) is 17.2 Å². The Balaban J connectivity index is 0.760. The van der Waals surface area contributed by atoms with Crippen molar-refractivity contribution in [3.8, 4) is 28.6 Å². The SMILES string of the molecule is CC(C)c1cc(C(=O)N2Cc3ccc(OCC4CCN(C(=O)C5(O)CCN(Cc6cc7nc(-c8cnc(N)nc8)nc(N8CCOCC8)c7s6)CC5)CC4)cc3C2)c(O)cc1O. The Morgan fingerprint density at radius 1 is 0.919 bits per heavy atom. The molecule has 9 rings (SSSR count). The lowest BCUT2D eigenvalue weighted by atomic mass is 9.88. The van der Waals surface area contributed by atoms with Gasteiger partial charge in [0.2, 0.25) is 5.95 Å². The predicted molar refractivity (Wildman–Crippen MR) is 234 cm³/mol. The molecular weight excluding hydrogens is 811 g/mol. The Hall–Kier alpha value is -5.62. The van der Waals surface area contributed by atoms with E-state index in [-0.39, 0.29) is 46.7 Å². The number of phenols is 2. The zero-order valence-corrected chi connectivity index (χ0v) is 35.9. The first-order valence-corrected chi connectivity index (χ1v) is 22.3. The van der Waals surface area contributed by atoms with Crippen molar-refractivity contribution in [3.63, 3.8) is 0 Å². The highest BCUT2D eigenvalue weighted by Gasteiger charge is 2.43. The van der Waals surface area contributed by atoms with E-state index in [2.05, 4.69) is 25.8 Å². The van der Waals surface area contributed by atoms with Gasteiger partial charge in [0.1, 0.15) is 22.8 Å². The molecular formula is C45H53N9O7S. The third-order valence-electron chi connectivity index (χ3n) is 12.7. The van der Waals surface area contributed by atoms with Crippen molar-refractivity contribution >= 4 is 45.1 Å². The number of thiophene rings is 1. The maximum absolute atomic E-state index is 13.8. The van der Waals surface area contributed by atoms with Crippen LogP contribution in [0.4, 0.5) is 11.8 Å². The zero-order valence-electron chi connectivity index (χ0n) is 35.1. The highest BCUT2D eigenvalue weighted by Crippen LogP contribution is 2.38. The summed E-state index contributed by atoms with van der Waals surface area (Å²) in [5, 5.41) is 32.4. The summed E-state index contributed by atoms with van der Waals surface area (Å²) < 4.78 is 12.9. The standard InChI is InChI=1S/C45H53N9O7S/c1-27(2)34-19-35(38(56)20-37(34)55)42(57)54-23-29-3-4-32(17-30(29)24-54)61-26-28-5-9-53(10-6-28)43(58)45(59)7-11-51(12-8-45)25-33-18-36-39(62-33)41(52-13-15-60-16-14-52)50-40(49-36)31-21-47-44(46)48-22-31/h3-4,17-22,27-28,55-56,59H,5-16,23-26H2,1-2H3,(H2,46,47,48). The molecule has 0 saturated carbocycles. The Morgan fingerprint density at radius 3 is 2.37 bits per heavy atom. The van der Waals surface area contributed by atoms with Crippen LogP contribution in [-0.2, 0) is 29.2 Å². The van der Waals surface area contributed by atoms with Crippen LogP contribution in [-0.4, -0.2) is 126 Å². The Bertz CT molecular complexity index is 2460. The monoisotopic (exact) mass is 863 g/mol. The van der Waals surface area contributed by atoms with Gasteiger partial charge in [0, 0.05) is 82.2 Å². The van der Waals surface area contributed by atoms with Gasteiger partial charge in [0.05, 0.1) is 41.2 Å². The number of rotatable bonds is 10. The lowest BCUT2D eigenvalue weighted by molar-refractivity contribution is -0.158. The summed E-state index contributed by atoms with van der Waals surface area (Å²) in [6, 6.07) is 10.8. The van der Waals surface area contributed by atoms with E-state index in [0.29, 0.717) is 95.4 Å². The van der Waals surface area contributed by atoms with Crippen LogP contribution in [0, 0.1) is 5.92 Å². The molecule has 0 aliphatic carbocycles. The van der Waals surface area contributed by atoms with Gasteiger partial charge in [0.25, 0.3) is 11.8 Å². The van der Waals surface area contributed by atoms with E-state index in [1.165, 1.54) is 6.07 Å². The molecule has 3 saturated heterocycles. The topological polar surface area (TPSA) is 204 Å². The van der Waals surface area contributed by atoms with E-state index in [0.717, 1.165) is 63.7 Å².